The second-order valence-corrected chi connectivity index (χ2v) is 3.67. The van der Waals surface area contributed by atoms with Gasteiger partial charge in [-0.3, -0.25) is 0 Å². The average Bonchev–Trinajstić information content (AvgIpc) is 2.87. The summed E-state index contributed by atoms with van der Waals surface area (Å²) in [5.74, 6) is -2.28. The van der Waals surface area contributed by atoms with Gasteiger partial charge in [-0.25, -0.2) is 9.48 Å². The van der Waals surface area contributed by atoms with E-state index >= 15 is 0 Å². The molecular weight excluding hydrogens is 282 g/mol. The fourth-order valence-electron chi connectivity index (χ4n) is 1.41. The molecule has 0 N–H and O–H groups in total. The summed E-state index contributed by atoms with van der Waals surface area (Å²) in [4.78, 5) is 14.5. The molecule has 0 unspecified atom stereocenters. The Morgan fingerprint density at radius 2 is 2.05 bits per heavy atom. The highest BCUT2D eigenvalue weighted by Gasteiger charge is 2.32. The molecule has 2 rings (SSSR count). The Kier molecular flexibility index (Phi) is 3.43. The van der Waals surface area contributed by atoms with Gasteiger partial charge in [0.1, 0.15) is 5.56 Å². The maximum absolute atomic E-state index is 13.5. The van der Waals surface area contributed by atoms with Crippen LogP contribution < -0.4 is 0 Å². The average molecular weight is 289 g/mol. The second kappa shape index (κ2) is 4.91. The van der Waals surface area contributed by atoms with Crippen molar-refractivity contribution in [3.63, 3.8) is 0 Å². The third-order valence-corrected chi connectivity index (χ3v) is 2.38. The molecule has 106 valence electrons. The van der Waals surface area contributed by atoms with Gasteiger partial charge in [0.15, 0.2) is 5.82 Å². The van der Waals surface area contributed by atoms with Gasteiger partial charge in [-0.05, 0) is 12.1 Å². The van der Waals surface area contributed by atoms with E-state index in [0.29, 0.717) is 12.4 Å². The third kappa shape index (κ3) is 2.60. The van der Waals surface area contributed by atoms with Gasteiger partial charge in [-0.1, -0.05) is 0 Å². The number of alkyl halides is 3. The van der Waals surface area contributed by atoms with Crippen LogP contribution in [0.1, 0.15) is 15.9 Å². The van der Waals surface area contributed by atoms with E-state index < -0.39 is 29.2 Å². The maximum atomic E-state index is 13.5. The van der Waals surface area contributed by atoms with Gasteiger partial charge in [0.2, 0.25) is 5.95 Å². The number of carbonyl (C=O) groups excluding carboxylic acids is 1. The molecule has 0 fully saturated rings. The zero-order valence-electron chi connectivity index (χ0n) is 9.98. The Labute approximate surface area is 109 Å². The van der Waals surface area contributed by atoms with Crippen LogP contribution in [-0.4, -0.2) is 27.8 Å². The van der Waals surface area contributed by atoms with Gasteiger partial charge in [0.05, 0.1) is 18.9 Å². The van der Waals surface area contributed by atoms with E-state index in [4.69, 9.17) is 0 Å². The van der Waals surface area contributed by atoms with Crippen LogP contribution in [0.25, 0.3) is 5.82 Å². The summed E-state index contributed by atoms with van der Waals surface area (Å²) in [5.41, 5.74) is -1.41. The third-order valence-electron chi connectivity index (χ3n) is 2.38. The van der Waals surface area contributed by atoms with E-state index in [1.807, 2.05) is 0 Å². The zero-order valence-corrected chi connectivity index (χ0v) is 9.98. The Bertz CT molecular complexity index is 651. The topological polar surface area (TPSA) is 57.0 Å². The highest BCUT2D eigenvalue weighted by atomic mass is 19.4. The van der Waals surface area contributed by atoms with Gasteiger partial charge in [-0.15, -0.1) is 0 Å². The van der Waals surface area contributed by atoms with Crippen LogP contribution in [0.2, 0.25) is 0 Å². The summed E-state index contributed by atoms with van der Waals surface area (Å²) in [5, 5.41) is 3.44. The lowest BCUT2D eigenvalue weighted by Crippen LogP contribution is -2.09. The van der Waals surface area contributed by atoms with Crippen LogP contribution in [-0.2, 0) is 10.9 Å². The van der Waals surface area contributed by atoms with E-state index in [-0.39, 0.29) is 5.82 Å². The van der Waals surface area contributed by atoms with Crippen LogP contribution in [0.15, 0.2) is 24.5 Å². The minimum absolute atomic E-state index is 0.189. The highest BCUT2D eigenvalue weighted by molar-refractivity contribution is 5.89. The summed E-state index contributed by atoms with van der Waals surface area (Å²) in [6, 6.07) is 2.21. The molecule has 0 radical (unpaired) electrons. The van der Waals surface area contributed by atoms with Crippen LogP contribution in [0, 0.1) is 5.95 Å². The van der Waals surface area contributed by atoms with Crippen molar-refractivity contribution in [2.24, 2.45) is 0 Å². The SMILES string of the molecule is COC(=O)c1ccc(-n2cc(C(F)(F)F)cn2)nc1F. The zero-order chi connectivity index (χ0) is 14.9. The summed E-state index contributed by atoms with van der Waals surface area (Å²) < 4.78 is 55.8. The Morgan fingerprint density at radius 3 is 2.55 bits per heavy atom. The minimum Gasteiger partial charge on any atom is -0.465 e. The Morgan fingerprint density at radius 1 is 1.35 bits per heavy atom. The number of pyridine rings is 1. The summed E-state index contributed by atoms with van der Waals surface area (Å²) in [6.07, 6.45) is -3.30. The molecule has 20 heavy (non-hydrogen) atoms. The molecule has 2 aromatic heterocycles. The first kappa shape index (κ1) is 14.0. The quantitative estimate of drug-likeness (QED) is 0.483. The first-order valence-electron chi connectivity index (χ1n) is 5.20. The molecule has 0 aliphatic rings. The summed E-state index contributed by atoms with van der Waals surface area (Å²) in [7, 11) is 1.07. The van der Waals surface area contributed by atoms with E-state index in [9.17, 15) is 22.4 Å². The molecule has 0 spiro atoms. The molecule has 0 aromatic carbocycles. The fourth-order valence-corrected chi connectivity index (χ4v) is 1.41. The molecule has 2 heterocycles. The van der Waals surface area contributed by atoms with E-state index in [2.05, 4.69) is 14.8 Å². The van der Waals surface area contributed by atoms with Crippen molar-refractivity contribution >= 4 is 5.97 Å². The predicted molar refractivity (Wildman–Crippen MR) is 57.7 cm³/mol. The number of esters is 1. The van der Waals surface area contributed by atoms with Crippen molar-refractivity contribution in [3.05, 3.63) is 41.6 Å². The number of ether oxygens (including phenoxy) is 1. The lowest BCUT2D eigenvalue weighted by atomic mass is 10.3. The Hall–Kier alpha value is -2.45. The van der Waals surface area contributed by atoms with E-state index in [1.54, 1.807) is 0 Å². The van der Waals surface area contributed by atoms with Gasteiger partial charge in [0, 0.05) is 6.20 Å². The maximum Gasteiger partial charge on any atom is 0.419 e. The van der Waals surface area contributed by atoms with Crippen molar-refractivity contribution < 1.29 is 27.1 Å². The monoisotopic (exact) mass is 289 g/mol. The molecule has 0 saturated carbocycles. The molecule has 0 aliphatic carbocycles. The lowest BCUT2D eigenvalue weighted by molar-refractivity contribution is -0.137. The minimum atomic E-state index is -4.55. The summed E-state index contributed by atoms with van der Waals surface area (Å²) >= 11 is 0. The smallest absolute Gasteiger partial charge is 0.419 e. The predicted octanol–water partition coefficient (Wildman–Crippen LogP) is 2.21. The normalized spacial score (nSPS) is 11.4. The largest absolute Gasteiger partial charge is 0.465 e. The van der Waals surface area contributed by atoms with Crippen molar-refractivity contribution in [2.75, 3.05) is 7.11 Å². The number of hydrogen-bond donors (Lipinski definition) is 0. The molecule has 9 heteroatoms. The number of rotatable bonds is 2. The molecule has 0 aliphatic heterocycles. The van der Waals surface area contributed by atoms with Crippen LogP contribution in [0.4, 0.5) is 17.6 Å². The van der Waals surface area contributed by atoms with Crippen molar-refractivity contribution in [2.45, 2.75) is 6.18 Å². The molecule has 2 aromatic rings. The van der Waals surface area contributed by atoms with Crippen LogP contribution >= 0.6 is 0 Å². The molecule has 0 amide bonds. The number of hydrogen-bond acceptors (Lipinski definition) is 4. The van der Waals surface area contributed by atoms with Gasteiger partial charge in [0.25, 0.3) is 0 Å². The summed E-state index contributed by atoms with van der Waals surface area (Å²) in [6.45, 7) is 0. The molecule has 0 atom stereocenters. The number of methoxy groups -OCH3 is 1. The number of aromatic nitrogens is 3. The standard InChI is InChI=1S/C11H7F4N3O2/c1-20-10(19)7-2-3-8(17-9(7)12)18-5-6(4-16-18)11(13,14)15/h2-5H,1H3. The highest BCUT2D eigenvalue weighted by Crippen LogP contribution is 2.29. The van der Waals surface area contributed by atoms with E-state index in [0.717, 1.165) is 23.9 Å². The molecular formula is C11H7F4N3O2. The number of nitrogens with zero attached hydrogens (tertiary/aromatic N) is 3. The van der Waals surface area contributed by atoms with Gasteiger partial charge < -0.3 is 4.74 Å². The fraction of sp³-hybridized carbons (Fsp3) is 0.182. The van der Waals surface area contributed by atoms with E-state index in [1.165, 1.54) is 0 Å². The van der Waals surface area contributed by atoms with Gasteiger partial charge >= 0.3 is 12.1 Å². The van der Waals surface area contributed by atoms with Gasteiger partial charge in [-0.2, -0.15) is 27.6 Å². The van der Waals surface area contributed by atoms with Crippen molar-refractivity contribution in [1.29, 1.82) is 0 Å². The molecule has 5 nitrogen and oxygen atoms in total. The number of carbonyl (C=O) groups is 1. The number of halogens is 4. The van der Waals surface area contributed by atoms with Crippen LogP contribution in [0.5, 0.6) is 0 Å². The van der Waals surface area contributed by atoms with Crippen molar-refractivity contribution in [1.82, 2.24) is 14.8 Å². The first-order chi connectivity index (χ1) is 9.32. The second-order valence-electron chi connectivity index (χ2n) is 3.67. The molecule has 0 bridgehead atoms. The van der Waals surface area contributed by atoms with Crippen molar-refractivity contribution in [3.8, 4) is 5.82 Å². The lowest BCUT2D eigenvalue weighted by Gasteiger charge is -2.04. The van der Waals surface area contributed by atoms with Crippen LogP contribution in [0.3, 0.4) is 0 Å². The molecule has 0 saturated heterocycles. The first-order valence-corrected chi connectivity index (χ1v) is 5.20. The Balaban J connectivity index is 2.37.